The summed E-state index contributed by atoms with van der Waals surface area (Å²) >= 11 is 6.07. The van der Waals surface area contributed by atoms with E-state index < -0.39 is 10.0 Å². The molecule has 0 saturated heterocycles. The molecule has 0 spiro atoms. The van der Waals surface area contributed by atoms with Crippen LogP contribution in [0.3, 0.4) is 0 Å². The van der Waals surface area contributed by atoms with Crippen molar-refractivity contribution in [1.29, 1.82) is 0 Å². The van der Waals surface area contributed by atoms with Crippen LogP contribution in [0.15, 0.2) is 41.4 Å². The molecule has 1 aliphatic rings. The van der Waals surface area contributed by atoms with Crippen LogP contribution in [0.4, 0.5) is 0 Å². The van der Waals surface area contributed by atoms with Gasteiger partial charge in [-0.25, -0.2) is 13.1 Å². The Morgan fingerprint density at radius 2 is 1.96 bits per heavy atom. The van der Waals surface area contributed by atoms with Crippen molar-refractivity contribution >= 4 is 27.5 Å². The summed E-state index contributed by atoms with van der Waals surface area (Å²) in [5.41, 5.74) is 1.11. The van der Waals surface area contributed by atoms with Crippen LogP contribution in [0.1, 0.15) is 29.9 Å². The number of fused-ring (bicyclic) bond motifs is 1. The topological polar surface area (TPSA) is 71.4 Å². The number of carbonyl (C=O) groups is 1. The Morgan fingerprint density at radius 1 is 1.23 bits per heavy atom. The molecular weight excluding hydrogens is 374 g/mol. The molecule has 0 unspecified atom stereocenters. The smallest absolute Gasteiger partial charge is 0.270 e. The molecular formula is C18H22ClN3O3S. The number of hydrogen-bond acceptors (Lipinski definition) is 3. The summed E-state index contributed by atoms with van der Waals surface area (Å²) < 4.78 is 29.5. The second-order valence-corrected chi connectivity index (χ2v) is 8.99. The van der Waals surface area contributed by atoms with Gasteiger partial charge >= 0.3 is 0 Å². The van der Waals surface area contributed by atoms with E-state index in [1.54, 1.807) is 33.7 Å². The van der Waals surface area contributed by atoms with Gasteiger partial charge in [0, 0.05) is 37.4 Å². The van der Waals surface area contributed by atoms with Crippen molar-refractivity contribution in [2.45, 2.75) is 31.8 Å². The number of halogens is 1. The van der Waals surface area contributed by atoms with Crippen molar-refractivity contribution in [3.8, 4) is 0 Å². The molecule has 0 fully saturated rings. The Balaban J connectivity index is 1.78. The van der Waals surface area contributed by atoms with Gasteiger partial charge in [-0.15, -0.1) is 0 Å². The zero-order valence-corrected chi connectivity index (χ0v) is 16.3. The number of sulfonamides is 1. The van der Waals surface area contributed by atoms with Crippen molar-refractivity contribution in [3.05, 3.63) is 52.8 Å². The molecule has 0 aliphatic carbocycles. The van der Waals surface area contributed by atoms with E-state index in [0.29, 0.717) is 41.8 Å². The first-order chi connectivity index (χ1) is 12.3. The first-order valence-corrected chi connectivity index (χ1v) is 10.4. The molecule has 1 aromatic heterocycles. The van der Waals surface area contributed by atoms with Gasteiger partial charge in [0.2, 0.25) is 10.0 Å². The molecule has 6 nitrogen and oxygen atoms in total. The van der Waals surface area contributed by atoms with Gasteiger partial charge in [-0.2, -0.15) is 0 Å². The highest BCUT2D eigenvalue weighted by Crippen LogP contribution is 2.21. The van der Waals surface area contributed by atoms with Crippen LogP contribution in [-0.2, 0) is 23.1 Å². The van der Waals surface area contributed by atoms with Gasteiger partial charge in [0.15, 0.2) is 0 Å². The Hall–Kier alpha value is -1.83. The van der Waals surface area contributed by atoms with Crippen LogP contribution < -0.4 is 4.72 Å². The number of hydrogen-bond donors (Lipinski definition) is 1. The van der Waals surface area contributed by atoms with Crippen LogP contribution in [0.25, 0.3) is 0 Å². The lowest BCUT2D eigenvalue weighted by atomic mass is 10.2. The number of nitrogens with one attached hydrogen (secondary N) is 1. The fourth-order valence-electron chi connectivity index (χ4n) is 3.00. The highest BCUT2D eigenvalue weighted by Gasteiger charge is 2.28. The lowest BCUT2D eigenvalue weighted by Gasteiger charge is -2.29. The van der Waals surface area contributed by atoms with Gasteiger partial charge < -0.3 is 9.47 Å². The summed E-state index contributed by atoms with van der Waals surface area (Å²) in [7, 11) is -3.73. The van der Waals surface area contributed by atoms with Crippen molar-refractivity contribution in [2.75, 3.05) is 13.1 Å². The minimum Gasteiger partial charge on any atom is -0.340 e. The molecule has 1 N–H and O–H groups in total. The Kier molecular flexibility index (Phi) is 5.41. The predicted molar refractivity (Wildman–Crippen MR) is 101 cm³/mol. The lowest BCUT2D eigenvalue weighted by molar-refractivity contribution is 0.0683. The summed E-state index contributed by atoms with van der Waals surface area (Å²) in [4.78, 5) is 14.5. The number of benzene rings is 1. The van der Waals surface area contributed by atoms with E-state index in [4.69, 9.17) is 11.6 Å². The summed E-state index contributed by atoms with van der Waals surface area (Å²) in [6.45, 7) is 6.04. The van der Waals surface area contributed by atoms with Gasteiger partial charge in [0.05, 0.1) is 0 Å². The first kappa shape index (κ1) is 18.9. The molecule has 2 heterocycles. The first-order valence-electron chi connectivity index (χ1n) is 8.50. The van der Waals surface area contributed by atoms with Crippen LogP contribution in [0.5, 0.6) is 0 Å². The van der Waals surface area contributed by atoms with Gasteiger partial charge in [0.1, 0.15) is 10.6 Å². The Bertz CT molecular complexity index is 922. The standard InChI is InChI=1S/C18H22ClN3O3S/c1-13(2)11-22-8-7-21-12-15(9-17(21)18(22)23)26(24,25)20-10-14-5-3-4-6-16(14)19/h3-6,9,12-13,20H,7-8,10-11H2,1-2H3. The summed E-state index contributed by atoms with van der Waals surface area (Å²) in [6.07, 6.45) is 1.52. The minimum absolute atomic E-state index is 0.0932. The van der Waals surface area contributed by atoms with Crippen molar-refractivity contribution in [2.24, 2.45) is 5.92 Å². The summed E-state index contributed by atoms with van der Waals surface area (Å²) in [6, 6.07) is 8.52. The molecule has 1 aromatic carbocycles. The second-order valence-electron chi connectivity index (χ2n) is 6.82. The zero-order valence-electron chi connectivity index (χ0n) is 14.8. The highest BCUT2D eigenvalue weighted by atomic mass is 35.5. The third kappa shape index (κ3) is 3.95. The molecule has 1 aliphatic heterocycles. The van der Waals surface area contributed by atoms with E-state index in [9.17, 15) is 13.2 Å². The Morgan fingerprint density at radius 3 is 2.65 bits per heavy atom. The molecule has 2 aromatic rings. The van der Waals surface area contributed by atoms with E-state index >= 15 is 0 Å². The summed E-state index contributed by atoms with van der Waals surface area (Å²) in [5.74, 6) is 0.235. The minimum atomic E-state index is -3.73. The average Bonchev–Trinajstić information content (AvgIpc) is 3.02. The number of amides is 1. The van der Waals surface area contributed by atoms with Gasteiger partial charge in [-0.3, -0.25) is 4.79 Å². The molecule has 0 atom stereocenters. The van der Waals surface area contributed by atoms with E-state index in [1.807, 2.05) is 0 Å². The van der Waals surface area contributed by atoms with Gasteiger partial charge in [0.25, 0.3) is 5.91 Å². The third-order valence-electron chi connectivity index (χ3n) is 4.29. The monoisotopic (exact) mass is 395 g/mol. The lowest BCUT2D eigenvalue weighted by Crippen LogP contribution is -2.41. The zero-order chi connectivity index (χ0) is 18.9. The largest absolute Gasteiger partial charge is 0.340 e. The van der Waals surface area contributed by atoms with E-state index in [0.717, 1.165) is 0 Å². The van der Waals surface area contributed by atoms with Crippen LogP contribution in [-0.4, -0.2) is 36.9 Å². The second kappa shape index (κ2) is 7.42. The number of carbonyl (C=O) groups excluding carboxylic acids is 1. The average molecular weight is 396 g/mol. The van der Waals surface area contributed by atoms with Crippen molar-refractivity contribution in [1.82, 2.24) is 14.2 Å². The van der Waals surface area contributed by atoms with Crippen LogP contribution >= 0.6 is 11.6 Å². The number of rotatable bonds is 6. The maximum atomic E-state index is 12.6. The fraction of sp³-hybridized carbons (Fsp3) is 0.389. The highest BCUT2D eigenvalue weighted by molar-refractivity contribution is 7.89. The van der Waals surface area contributed by atoms with Gasteiger partial charge in [-0.1, -0.05) is 43.6 Å². The normalized spacial score (nSPS) is 14.8. The predicted octanol–water partition coefficient (Wildman–Crippen LogP) is 2.73. The molecule has 1 amide bonds. The molecule has 8 heteroatoms. The quantitative estimate of drug-likeness (QED) is 0.817. The maximum absolute atomic E-state index is 12.6. The number of aromatic nitrogens is 1. The Labute approximate surface area is 158 Å². The van der Waals surface area contributed by atoms with Crippen molar-refractivity contribution < 1.29 is 13.2 Å². The molecule has 0 radical (unpaired) electrons. The maximum Gasteiger partial charge on any atom is 0.270 e. The van der Waals surface area contributed by atoms with E-state index in [-0.39, 0.29) is 17.3 Å². The van der Waals surface area contributed by atoms with Gasteiger partial charge in [-0.05, 0) is 23.6 Å². The molecule has 140 valence electrons. The van der Waals surface area contributed by atoms with E-state index in [2.05, 4.69) is 18.6 Å². The van der Waals surface area contributed by atoms with Crippen molar-refractivity contribution in [3.63, 3.8) is 0 Å². The summed E-state index contributed by atoms with van der Waals surface area (Å²) in [5, 5.41) is 0.505. The molecule has 26 heavy (non-hydrogen) atoms. The van der Waals surface area contributed by atoms with Crippen LogP contribution in [0, 0.1) is 5.92 Å². The third-order valence-corrected chi connectivity index (χ3v) is 6.03. The molecule has 3 rings (SSSR count). The van der Waals surface area contributed by atoms with E-state index in [1.165, 1.54) is 12.3 Å². The molecule has 0 bridgehead atoms. The molecule has 0 saturated carbocycles. The SMILES string of the molecule is CC(C)CN1CCn2cc(S(=O)(=O)NCc3ccccc3Cl)cc2C1=O. The number of nitrogens with zero attached hydrogens (tertiary/aromatic N) is 2. The fourth-order valence-corrected chi connectivity index (χ4v) is 4.25. The van der Waals surface area contributed by atoms with Crippen LogP contribution in [0.2, 0.25) is 5.02 Å².